The van der Waals surface area contributed by atoms with E-state index in [2.05, 4.69) is 41.6 Å². The molecule has 1 heterocycles. The molecule has 10 nitrogen and oxygen atoms in total. The molecule has 4 atom stereocenters. The second-order valence-electron chi connectivity index (χ2n) is 13.7. The van der Waals surface area contributed by atoms with E-state index in [1.165, 1.54) is 5.56 Å². The second kappa shape index (κ2) is 18.0. The van der Waals surface area contributed by atoms with Gasteiger partial charge in [-0.15, -0.1) is 0 Å². The van der Waals surface area contributed by atoms with Gasteiger partial charge in [0.05, 0.1) is 43.2 Å². The summed E-state index contributed by atoms with van der Waals surface area (Å²) in [6.45, 7) is 8.08. The third-order valence-corrected chi connectivity index (χ3v) is 9.45. The lowest BCUT2D eigenvalue weighted by Crippen LogP contribution is -2.47. The highest BCUT2D eigenvalue weighted by Crippen LogP contribution is 2.29. The summed E-state index contributed by atoms with van der Waals surface area (Å²) < 4.78 is 18.2. The maximum Gasteiger partial charge on any atom is 0.323 e. The summed E-state index contributed by atoms with van der Waals surface area (Å²) in [5, 5.41) is 18.1. The van der Waals surface area contributed by atoms with Gasteiger partial charge in [0.2, 0.25) is 0 Å². The van der Waals surface area contributed by atoms with E-state index in [9.17, 15) is 14.7 Å². The molecule has 0 aromatic heterocycles. The number of carbonyl (C=O) groups excluding carboxylic acids is 2. The van der Waals surface area contributed by atoms with Crippen LogP contribution in [0.5, 0.6) is 11.5 Å². The van der Waals surface area contributed by atoms with E-state index in [0.29, 0.717) is 42.4 Å². The standard InChI is InChI=1S/C41H52N4O6/c1-28-24-45(29(2)27-46)40(47)36-23-33(42-41(48)43-37-15-10-13-32-12-6-7-14-35(32)37)18-21-38(36)51-30(3)11-8-9-22-50-39(28)26-44(4)25-31-16-19-34(49-5)20-17-31/h6-7,10,12-21,23,28-30,39,46H,8-9,11,22,24-27H2,1-5H3,(H2,42,43,48)/t28-,29-,30-,39+/m1/s1. The molecule has 10 heteroatoms. The lowest BCUT2D eigenvalue weighted by molar-refractivity contribution is -0.0177. The third-order valence-electron chi connectivity index (χ3n) is 9.45. The Morgan fingerprint density at radius 2 is 1.78 bits per heavy atom. The van der Waals surface area contributed by atoms with Gasteiger partial charge < -0.3 is 34.9 Å². The van der Waals surface area contributed by atoms with Gasteiger partial charge in [0.15, 0.2) is 0 Å². The van der Waals surface area contributed by atoms with E-state index in [4.69, 9.17) is 14.2 Å². The molecule has 51 heavy (non-hydrogen) atoms. The number of urea groups is 1. The maximum absolute atomic E-state index is 14.5. The third kappa shape index (κ3) is 10.2. The van der Waals surface area contributed by atoms with E-state index < -0.39 is 12.1 Å². The van der Waals surface area contributed by atoms with Crippen LogP contribution in [0, 0.1) is 5.92 Å². The van der Waals surface area contributed by atoms with Crippen molar-refractivity contribution >= 4 is 34.1 Å². The molecule has 0 bridgehead atoms. The van der Waals surface area contributed by atoms with Crippen LogP contribution in [0.15, 0.2) is 84.9 Å². The first-order valence-electron chi connectivity index (χ1n) is 17.9. The van der Waals surface area contributed by atoms with Crippen LogP contribution in [0.3, 0.4) is 0 Å². The molecule has 0 saturated carbocycles. The highest BCUT2D eigenvalue weighted by atomic mass is 16.5. The largest absolute Gasteiger partial charge is 0.497 e. The molecule has 0 aliphatic carbocycles. The average Bonchev–Trinajstić information content (AvgIpc) is 3.13. The minimum absolute atomic E-state index is 0.0553. The summed E-state index contributed by atoms with van der Waals surface area (Å²) in [6.07, 6.45) is 2.28. The number of rotatable bonds is 9. The Morgan fingerprint density at radius 1 is 1.02 bits per heavy atom. The number of nitrogens with one attached hydrogen (secondary N) is 2. The summed E-state index contributed by atoms with van der Waals surface area (Å²) in [6, 6.07) is 25.9. The van der Waals surface area contributed by atoms with Crippen molar-refractivity contribution in [2.45, 2.75) is 64.8 Å². The van der Waals surface area contributed by atoms with Gasteiger partial charge in [0.1, 0.15) is 11.5 Å². The molecule has 3 amide bonds. The lowest BCUT2D eigenvalue weighted by atomic mass is 10.0. The van der Waals surface area contributed by atoms with Crippen LogP contribution in [-0.4, -0.2) is 85.6 Å². The summed E-state index contributed by atoms with van der Waals surface area (Å²) in [4.78, 5) is 31.7. The van der Waals surface area contributed by atoms with Gasteiger partial charge >= 0.3 is 6.03 Å². The van der Waals surface area contributed by atoms with Crippen LogP contribution in [-0.2, 0) is 11.3 Å². The van der Waals surface area contributed by atoms with Gasteiger partial charge in [0.25, 0.3) is 5.91 Å². The molecule has 0 spiro atoms. The Balaban J connectivity index is 1.37. The molecule has 3 N–H and O–H groups in total. The fraction of sp³-hybridized carbons (Fsp3) is 0.415. The Bertz CT molecular complexity index is 1740. The van der Waals surface area contributed by atoms with Crippen molar-refractivity contribution in [2.75, 3.05) is 51.1 Å². The van der Waals surface area contributed by atoms with Crippen LogP contribution in [0.4, 0.5) is 16.2 Å². The highest BCUT2D eigenvalue weighted by molar-refractivity contribution is 6.07. The Kier molecular flexibility index (Phi) is 13.3. The number of benzene rings is 4. The molecule has 4 aromatic carbocycles. The van der Waals surface area contributed by atoms with Crippen LogP contribution in [0.2, 0.25) is 0 Å². The van der Waals surface area contributed by atoms with Crippen molar-refractivity contribution in [1.82, 2.24) is 9.80 Å². The van der Waals surface area contributed by atoms with Crippen LogP contribution in [0.25, 0.3) is 10.8 Å². The number of aliphatic hydroxyl groups is 1. The minimum atomic E-state index is -0.470. The van der Waals surface area contributed by atoms with E-state index in [1.807, 2.05) is 68.4 Å². The Morgan fingerprint density at radius 3 is 2.55 bits per heavy atom. The second-order valence-corrected chi connectivity index (χ2v) is 13.7. The molecule has 1 aliphatic heterocycles. The van der Waals surface area contributed by atoms with Crippen molar-refractivity contribution in [3.05, 3.63) is 96.1 Å². The van der Waals surface area contributed by atoms with Crippen molar-refractivity contribution in [1.29, 1.82) is 0 Å². The number of amides is 3. The number of carbonyl (C=O) groups is 2. The van der Waals surface area contributed by atoms with Crippen LogP contribution < -0.4 is 20.1 Å². The van der Waals surface area contributed by atoms with Gasteiger partial charge in [-0.1, -0.05) is 55.5 Å². The first kappa shape index (κ1) is 37.6. The average molecular weight is 697 g/mol. The summed E-state index contributed by atoms with van der Waals surface area (Å²) in [7, 11) is 3.74. The van der Waals surface area contributed by atoms with Crippen LogP contribution in [0.1, 0.15) is 56.0 Å². The summed E-state index contributed by atoms with van der Waals surface area (Å²) in [5.41, 5.74) is 2.62. The predicted octanol–water partition coefficient (Wildman–Crippen LogP) is 7.42. The molecule has 4 aromatic rings. The van der Waals surface area contributed by atoms with Gasteiger partial charge in [-0.25, -0.2) is 4.79 Å². The highest BCUT2D eigenvalue weighted by Gasteiger charge is 2.30. The van der Waals surface area contributed by atoms with Gasteiger partial charge in [-0.3, -0.25) is 9.69 Å². The number of hydrogen-bond donors (Lipinski definition) is 3. The van der Waals surface area contributed by atoms with Gasteiger partial charge in [-0.05, 0) is 87.5 Å². The van der Waals surface area contributed by atoms with E-state index in [0.717, 1.165) is 42.3 Å². The number of anilines is 2. The normalized spacial score (nSPS) is 19.5. The zero-order chi connectivity index (χ0) is 36.3. The number of likely N-dealkylation sites (N-methyl/N-ethyl adjacent to an activating group) is 1. The molecule has 1 aliphatic rings. The quantitative estimate of drug-likeness (QED) is 0.167. The molecular formula is C41H52N4O6. The number of aliphatic hydroxyl groups excluding tert-OH is 1. The fourth-order valence-corrected chi connectivity index (χ4v) is 6.50. The monoisotopic (exact) mass is 696 g/mol. The van der Waals surface area contributed by atoms with E-state index in [-0.39, 0.29) is 30.6 Å². The molecule has 0 fully saturated rings. The summed E-state index contributed by atoms with van der Waals surface area (Å²) in [5.74, 6) is 0.923. The number of nitrogens with zero attached hydrogens (tertiary/aromatic N) is 2. The first-order chi connectivity index (χ1) is 24.6. The molecule has 0 radical (unpaired) electrons. The van der Waals surface area contributed by atoms with Gasteiger partial charge in [0, 0.05) is 43.2 Å². The number of methoxy groups -OCH3 is 1. The lowest BCUT2D eigenvalue weighted by Gasteiger charge is -2.36. The molecule has 0 saturated heterocycles. The number of fused-ring (bicyclic) bond motifs is 2. The zero-order valence-electron chi connectivity index (χ0n) is 30.4. The number of hydrogen-bond acceptors (Lipinski definition) is 7. The van der Waals surface area contributed by atoms with Crippen molar-refractivity contribution in [3.63, 3.8) is 0 Å². The van der Waals surface area contributed by atoms with Crippen molar-refractivity contribution in [3.8, 4) is 11.5 Å². The fourth-order valence-electron chi connectivity index (χ4n) is 6.50. The topological polar surface area (TPSA) is 113 Å². The van der Waals surface area contributed by atoms with Gasteiger partial charge in [-0.2, -0.15) is 0 Å². The molecule has 0 unspecified atom stereocenters. The zero-order valence-corrected chi connectivity index (χ0v) is 30.4. The molecular weight excluding hydrogens is 644 g/mol. The summed E-state index contributed by atoms with van der Waals surface area (Å²) >= 11 is 0. The predicted molar refractivity (Wildman–Crippen MR) is 203 cm³/mol. The Hall–Kier alpha value is -4.64. The number of ether oxygens (including phenoxy) is 3. The SMILES string of the molecule is COc1ccc(CN(C)C[C@@H]2OCCCC[C@@H](C)Oc3ccc(NC(=O)Nc4cccc5ccccc45)cc3C(=O)N([C@H](C)CO)C[C@H]2C)cc1. The Labute approximate surface area is 301 Å². The van der Waals surface area contributed by atoms with Crippen molar-refractivity contribution in [2.24, 2.45) is 5.92 Å². The molecule has 272 valence electrons. The smallest absolute Gasteiger partial charge is 0.323 e. The van der Waals surface area contributed by atoms with Crippen LogP contribution >= 0.6 is 0 Å². The minimum Gasteiger partial charge on any atom is -0.497 e. The maximum atomic E-state index is 14.5. The first-order valence-corrected chi connectivity index (χ1v) is 17.9. The van der Waals surface area contributed by atoms with E-state index in [1.54, 1.807) is 30.2 Å². The van der Waals surface area contributed by atoms with Crippen molar-refractivity contribution < 1.29 is 28.9 Å². The van der Waals surface area contributed by atoms with E-state index >= 15 is 0 Å². The molecule has 5 rings (SSSR count).